The van der Waals surface area contributed by atoms with E-state index in [4.69, 9.17) is 9.47 Å². The molecule has 1 saturated heterocycles. The van der Waals surface area contributed by atoms with Crippen LogP contribution < -0.4 is 15.0 Å². The van der Waals surface area contributed by atoms with Crippen molar-refractivity contribution in [1.29, 1.82) is 5.26 Å². The minimum Gasteiger partial charge on any atom is -0.473 e. The van der Waals surface area contributed by atoms with E-state index < -0.39 is 5.41 Å². The number of aliphatic hydroxyl groups excluding tert-OH is 1. The molecule has 3 aromatic rings. The number of nitrogens with zero attached hydrogens (tertiary/aromatic N) is 5. The molecule has 192 valence electrons. The lowest BCUT2D eigenvalue weighted by molar-refractivity contribution is 0.102. The third kappa shape index (κ3) is 6.02. The van der Waals surface area contributed by atoms with Gasteiger partial charge >= 0.3 is 0 Å². The zero-order valence-corrected chi connectivity index (χ0v) is 21.2. The van der Waals surface area contributed by atoms with Crippen molar-refractivity contribution >= 4 is 17.3 Å². The predicted molar refractivity (Wildman–Crippen MR) is 139 cm³/mol. The minimum atomic E-state index is -0.808. The molecule has 37 heavy (non-hydrogen) atoms. The number of morpholine rings is 1. The molecule has 10 heteroatoms. The maximum atomic E-state index is 13.0. The summed E-state index contributed by atoms with van der Waals surface area (Å²) < 4.78 is 11.1. The van der Waals surface area contributed by atoms with E-state index in [1.807, 2.05) is 31.2 Å². The first kappa shape index (κ1) is 26.0. The van der Waals surface area contributed by atoms with Gasteiger partial charge < -0.3 is 24.8 Å². The molecule has 1 fully saturated rings. The second-order valence-corrected chi connectivity index (χ2v) is 9.24. The number of aromatic nitrogens is 3. The molecular formula is C27H30N6O4. The zero-order chi connectivity index (χ0) is 26.4. The first-order valence-corrected chi connectivity index (χ1v) is 12.1. The Labute approximate surface area is 215 Å². The first-order valence-electron chi connectivity index (χ1n) is 12.1. The van der Waals surface area contributed by atoms with Crippen LogP contribution in [0.25, 0.3) is 11.3 Å². The van der Waals surface area contributed by atoms with Gasteiger partial charge in [-0.25, -0.2) is 0 Å². The second-order valence-electron chi connectivity index (χ2n) is 9.24. The number of rotatable bonds is 8. The summed E-state index contributed by atoms with van der Waals surface area (Å²) in [6.07, 6.45) is 1.53. The number of nitrogens with one attached hydrogen (secondary N) is 1. The van der Waals surface area contributed by atoms with Crippen LogP contribution in [0.15, 0.2) is 42.6 Å². The summed E-state index contributed by atoms with van der Waals surface area (Å²) in [5.41, 5.74) is 3.92. The number of carbonyl (C=O) groups excluding carboxylic acids is 1. The molecule has 2 aromatic heterocycles. The van der Waals surface area contributed by atoms with Gasteiger partial charge in [0.15, 0.2) is 0 Å². The molecule has 1 aliphatic heterocycles. The smallest absolute Gasteiger partial charge is 0.257 e. The van der Waals surface area contributed by atoms with E-state index in [0.717, 1.165) is 16.8 Å². The Kier molecular flexibility index (Phi) is 7.96. The maximum absolute atomic E-state index is 13.0. The van der Waals surface area contributed by atoms with Crippen LogP contribution in [0.4, 0.5) is 11.4 Å². The normalized spacial score (nSPS) is 13.6. The summed E-state index contributed by atoms with van der Waals surface area (Å²) in [6, 6.07) is 13.0. The average Bonchev–Trinajstić information content (AvgIpc) is 2.93. The number of aliphatic hydroxyl groups is 1. The number of hydrogen-bond donors (Lipinski definition) is 2. The Balaban J connectivity index is 1.62. The van der Waals surface area contributed by atoms with Gasteiger partial charge in [-0.1, -0.05) is 6.07 Å². The summed E-state index contributed by atoms with van der Waals surface area (Å²) >= 11 is 0. The van der Waals surface area contributed by atoms with Gasteiger partial charge in [-0.2, -0.15) is 5.26 Å². The highest BCUT2D eigenvalue weighted by atomic mass is 16.5. The highest BCUT2D eigenvalue weighted by Gasteiger charge is 2.23. The van der Waals surface area contributed by atoms with E-state index in [1.165, 1.54) is 6.20 Å². The lowest BCUT2D eigenvalue weighted by atomic mass is 9.90. The number of nitriles is 1. The Morgan fingerprint density at radius 1 is 1.22 bits per heavy atom. The molecule has 0 bridgehead atoms. The number of anilines is 2. The van der Waals surface area contributed by atoms with Crippen LogP contribution in [0.1, 0.15) is 35.5 Å². The van der Waals surface area contributed by atoms with E-state index in [0.29, 0.717) is 54.8 Å². The molecular weight excluding hydrogens is 472 g/mol. The second kappa shape index (κ2) is 11.3. The number of aryl methyl sites for hydroxylation is 1. The van der Waals surface area contributed by atoms with Crippen molar-refractivity contribution in [3.8, 4) is 23.2 Å². The Morgan fingerprint density at radius 3 is 2.73 bits per heavy atom. The summed E-state index contributed by atoms with van der Waals surface area (Å²) in [5, 5.41) is 30.2. The molecule has 0 aliphatic carbocycles. The van der Waals surface area contributed by atoms with E-state index in [2.05, 4.69) is 31.5 Å². The van der Waals surface area contributed by atoms with Gasteiger partial charge in [-0.3, -0.25) is 9.78 Å². The van der Waals surface area contributed by atoms with Crippen LogP contribution in [0.5, 0.6) is 5.88 Å². The van der Waals surface area contributed by atoms with Crippen molar-refractivity contribution in [2.45, 2.75) is 26.2 Å². The van der Waals surface area contributed by atoms with Crippen LogP contribution in [-0.4, -0.2) is 65.7 Å². The topological polar surface area (TPSA) is 133 Å². The fraction of sp³-hybridized carbons (Fsp3) is 0.370. The summed E-state index contributed by atoms with van der Waals surface area (Å²) in [6.45, 7) is 8.05. The lowest BCUT2D eigenvalue weighted by Crippen LogP contribution is -2.36. The predicted octanol–water partition coefficient (Wildman–Crippen LogP) is 3.11. The van der Waals surface area contributed by atoms with Gasteiger partial charge in [0.25, 0.3) is 11.8 Å². The number of hydrogen-bond acceptors (Lipinski definition) is 9. The van der Waals surface area contributed by atoms with Crippen molar-refractivity contribution in [2.24, 2.45) is 0 Å². The Morgan fingerprint density at radius 2 is 2.00 bits per heavy atom. The Hall–Kier alpha value is -4.07. The van der Waals surface area contributed by atoms with Crippen LogP contribution in [0.2, 0.25) is 0 Å². The van der Waals surface area contributed by atoms with Crippen molar-refractivity contribution < 1.29 is 19.4 Å². The van der Waals surface area contributed by atoms with E-state index in [-0.39, 0.29) is 19.1 Å². The van der Waals surface area contributed by atoms with Crippen molar-refractivity contribution in [1.82, 2.24) is 15.2 Å². The van der Waals surface area contributed by atoms with E-state index in [9.17, 15) is 15.2 Å². The van der Waals surface area contributed by atoms with E-state index >= 15 is 0 Å². The van der Waals surface area contributed by atoms with Crippen molar-refractivity contribution in [3.05, 3.63) is 59.4 Å². The third-order valence-corrected chi connectivity index (χ3v) is 6.14. The number of ether oxygens (including phenoxy) is 2. The van der Waals surface area contributed by atoms with Gasteiger partial charge in [0, 0.05) is 36.1 Å². The summed E-state index contributed by atoms with van der Waals surface area (Å²) in [7, 11) is 0. The number of amides is 1. The standard InChI is InChI=1S/C27H30N6O4/c1-18-4-5-20(30-25(35)19-6-7-29-24(14-19)27(2,3)17-28)15-21(18)22-16-23(33-8-11-36-12-9-33)26(32-31-22)37-13-10-34/h4-7,14-16,34H,8-13H2,1-3H3,(H,30,35). The fourth-order valence-electron chi connectivity index (χ4n) is 3.93. The molecule has 0 atom stereocenters. The molecule has 1 amide bonds. The third-order valence-electron chi connectivity index (χ3n) is 6.14. The quantitative estimate of drug-likeness (QED) is 0.476. The molecule has 0 radical (unpaired) electrons. The number of benzene rings is 1. The largest absolute Gasteiger partial charge is 0.473 e. The van der Waals surface area contributed by atoms with Gasteiger partial charge in [0.1, 0.15) is 12.3 Å². The molecule has 2 N–H and O–H groups in total. The zero-order valence-electron chi connectivity index (χ0n) is 21.2. The summed E-state index contributed by atoms with van der Waals surface area (Å²) in [4.78, 5) is 19.4. The monoisotopic (exact) mass is 502 g/mol. The number of pyridine rings is 1. The number of carbonyl (C=O) groups is 1. The molecule has 1 aliphatic rings. The van der Waals surface area contributed by atoms with Crippen LogP contribution in [0, 0.1) is 18.3 Å². The van der Waals surface area contributed by atoms with Gasteiger partial charge in [-0.15, -0.1) is 10.2 Å². The molecule has 0 unspecified atom stereocenters. The molecule has 3 heterocycles. The molecule has 1 aromatic carbocycles. The molecule has 0 saturated carbocycles. The lowest BCUT2D eigenvalue weighted by Gasteiger charge is -2.29. The average molecular weight is 503 g/mol. The van der Waals surface area contributed by atoms with Crippen molar-refractivity contribution in [3.63, 3.8) is 0 Å². The SMILES string of the molecule is Cc1ccc(NC(=O)c2ccnc(C(C)(C)C#N)c2)cc1-c1cc(N2CCOCC2)c(OCCO)nn1. The van der Waals surface area contributed by atoms with Gasteiger partial charge in [0.2, 0.25) is 0 Å². The van der Waals surface area contributed by atoms with Gasteiger partial charge in [-0.05, 0) is 56.7 Å². The highest BCUT2D eigenvalue weighted by Crippen LogP contribution is 2.33. The van der Waals surface area contributed by atoms with E-state index in [1.54, 1.807) is 26.0 Å². The highest BCUT2D eigenvalue weighted by molar-refractivity contribution is 6.04. The minimum absolute atomic E-state index is 0.119. The van der Waals surface area contributed by atoms with Gasteiger partial charge in [0.05, 0.1) is 42.7 Å². The summed E-state index contributed by atoms with van der Waals surface area (Å²) in [5.74, 6) is 0.0515. The molecule has 10 nitrogen and oxygen atoms in total. The van der Waals surface area contributed by atoms with Crippen LogP contribution in [-0.2, 0) is 10.2 Å². The van der Waals surface area contributed by atoms with Crippen LogP contribution in [0.3, 0.4) is 0 Å². The first-order chi connectivity index (χ1) is 17.8. The van der Waals surface area contributed by atoms with Crippen LogP contribution >= 0.6 is 0 Å². The van der Waals surface area contributed by atoms with Crippen molar-refractivity contribution in [2.75, 3.05) is 49.7 Å². The Bertz CT molecular complexity index is 1310. The maximum Gasteiger partial charge on any atom is 0.257 e. The fourth-order valence-corrected chi connectivity index (χ4v) is 3.93. The molecule has 4 rings (SSSR count). The molecule has 0 spiro atoms.